The van der Waals surface area contributed by atoms with Crippen LogP contribution in [0.4, 0.5) is 0 Å². The fourth-order valence-electron chi connectivity index (χ4n) is 1.76. The Hall–Kier alpha value is -2.47. The monoisotopic (exact) mass is 288 g/mol. The minimum atomic E-state index is -0.193. The van der Waals surface area contributed by atoms with Crippen molar-refractivity contribution in [3.63, 3.8) is 0 Å². The highest BCUT2D eigenvalue weighted by Crippen LogP contribution is 2.33. The van der Waals surface area contributed by atoms with E-state index in [1.165, 1.54) is 11.3 Å². The van der Waals surface area contributed by atoms with E-state index in [0.29, 0.717) is 22.1 Å². The smallest absolute Gasteiger partial charge is 0.279 e. The normalized spacial score (nSPS) is 12.0. The molecule has 2 heterocycles. The minimum absolute atomic E-state index is 0.193. The fraction of sp³-hybridized carbons (Fsp3) is 0.0714. The summed E-state index contributed by atoms with van der Waals surface area (Å²) in [7, 11) is 0. The Balaban J connectivity index is 1.63. The zero-order valence-electron chi connectivity index (χ0n) is 10.5. The number of hydrogen-bond donors (Lipinski definition) is 2. The average molecular weight is 288 g/mol. The van der Waals surface area contributed by atoms with Crippen molar-refractivity contribution in [2.75, 3.05) is 6.79 Å². The molecule has 2 N–H and O–H groups in total. The molecule has 0 bridgehead atoms. The maximum atomic E-state index is 11.8. The Kier molecular flexibility index (Phi) is 3.30. The van der Waals surface area contributed by atoms with Crippen LogP contribution in [-0.2, 0) is 0 Å². The van der Waals surface area contributed by atoms with Gasteiger partial charge in [0.05, 0.1) is 10.6 Å². The summed E-state index contributed by atoms with van der Waals surface area (Å²) in [5, 5.41) is 1.85. The fourth-order valence-corrected chi connectivity index (χ4v) is 2.38. The van der Waals surface area contributed by atoms with Crippen LogP contribution in [0.3, 0.4) is 0 Å². The predicted molar refractivity (Wildman–Crippen MR) is 76.5 cm³/mol. The number of benzene rings is 1. The van der Waals surface area contributed by atoms with Gasteiger partial charge in [-0.3, -0.25) is 15.6 Å². The zero-order valence-corrected chi connectivity index (χ0v) is 11.3. The maximum Gasteiger partial charge on any atom is 0.279 e. The van der Waals surface area contributed by atoms with E-state index in [4.69, 9.17) is 9.47 Å². The molecule has 6 heteroatoms. The number of ether oxygens (including phenoxy) is 2. The summed E-state index contributed by atoms with van der Waals surface area (Å²) in [5.74, 6) is 1.20. The second-order valence-electron chi connectivity index (χ2n) is 4.10. The van der Waals surface area contributed by atoms with Gasteiger partial charge in [-0.25, -0.2) is 0 Å². The predicted octanol–water partition coefficient (Wildman–Crippen LogP) is 2.38. The van der Waals surface area contributed by atoms with Crippen molar-refractivity contribution in [1.82, 2.24) is 10.9 Å². The lowest BCUT2D eigenvalue weighted by molar-refractivity contribution is 0.0946. The number of nitrogens with one attached hydrogen (secondary N) is 2. The summed E-state index contributed by atoms with van der Waals surface area (Å²) in [6.45, 7) is 4.11. The molecule has 0 spiro atoms. The first-order chi connectivity index (χ1) is 9.74. The first kappa shape index (κ1) is 12.6. The number of carbonyl (C=O) groups excluding carboxylic acids is 1. The van der Waals surface area contributed by atoms with Crippen LogP contribution in [0.5, 0.6) is 11.5 Å². The van der Waals surface area contributed by atoms with Crippen molar-refractivity contribution in [3.8, 4) is 11.5 Å². The number of amides is 1. The van der Waals surface area contributed by atoms with Crippen LogP contribution in [0.2, 0.25) is 0 Å². The Morgan fingerprint density at radius 3 is 2.85 bits per heavy atom. The third-order valence-electron chi connectivity index (χ3n) is 2.79. The van der Waals surface area contributed by atoms with Crippen molar-refractivity contribution in [1.29, 1.82) is 0 Å². The van der Waals surface area contributed by atoms with Gasteiger partial charge in [0.2, 0.25) is 6.79 Å². The Morgan fingerprint density at radius 2 is 2.05 bits per heavy atom. The van der Waals surface area contributed by atoms with Gasteiger partial charge in [-0.15, -0.1) is 11.3 Å². The molecule has 102 valence electrons. The van der Waals surface area contributed by atoms with Gasteiger partial charge in [0, 0.05) is 5.56 Å². The van der Waals surface area contributed by atoms with Crippen LogP contribution in [0.15, 0.2) is 42.3 Å². The molecule has 0 fully saturated rings. The highest BCUT2D eigenvalue weighted by atomic mass is 32.1. The van der Waals surface area contributed by atoms with Crippen LogP contribution in [0.25, 0.3) is 5.70 Å². The number of hydrogen-bond acceptors (Lipinski definition) is 5. The highest BCUT2D eigenvalue weighted by molar-refractivity contribution is 7.12. The molecule has 1 aromatic carbocycles. The van der Waals surface area contributed by atoms with Gasteiger partial charge in [-0.2, -0.15) is 0 Å². The van der Waals surface area contributed by atoms with E-state index in [2.05, 4.69) is 17.4 Å². The minimum Gasteiger partial charge on any atom is -0.454 e. The molecule has 20 heavy (non-hydrogen) atoms. The van der Waals surface area contributed by atoms with Crippen LogP contribution < -0.4 is 20.3 Å². The zero-order chi connectivity index (χ0) is 13.9. The van der Waals surface area contributed by atoms with E-state index < -0.39 is 0 Å². The standard InChI is InChI=1S/C14H12N2O3S/c1-9(15-16-14(17)13-3-2-6-20-13)10-4-5-11-12(7-10)19-8-18-11/h2-7,15H,1,8H2,(H,16,17). The van der Waals surface area contributed by atoms with Gasteiger partial charge in [-0.1, -0.05) is 12.6 Å². The molecule has 5 nitrogen and oxygen atoms in total. The summed E-state index contributed by atoms with van der Waals surface area (Å²) in [6, 6.07) is 9.05. The van der Waals surface area contributed by atoms with Crippen molar-refractivity contribution in [2.24, 2.45) is 0 Å². The quantitative estimate of drug-likeness (QED) is 0.848. The van der Waals surface area contributed by atoms with E-state index in [9.17, 15) is 4.79 Å². The van der Waals surface area contributed by atoms with Gasteiger partial charge >= 0.3 is 0 Å². The molecule has 1 aromatic heterocycles. The molecule has 2 aromatic rings. The number of rotatable bonds is 4. The molecule has 0 unspecified atom stereocenters. The van der Waals surface area contributed by atoms with Gasteiger partial charge < -0.3 is 9.47 Å². The number of hydrazine groups is 1. The molecule has 1 aliphatic rings. The third-order valence-corrected chi connectivity index (χ3v) is 3.66. The summed E-state index contributed by atoms with van der Waals surface area (Å²) in [5.41, 5.74) is 6.79. The second-order valence-corrected chi connectivity index (χ2v) is 5.05. The van der Waals surface area contributed by atoms with Crippen molar-refractivity contribution in [2.45, 2.75) is 0 Å². The summed E-state index contributed by atoms with van der Waals surface area (Å²) < 4.78 is 10.5. The molecular formula is C14H12N2O3S. The first-order valence-corrected chi connectivity index (χ1v) is 6.81. The third kappa shape index (κ3) is 2.46. The van der Waals surface area contributed by atoms with Crippen molar-refractivity contribution in [3.05, 3.63) is 52.7 Å². The molecule has 0 saturated carbocycles. The largest absolute Gasteiger partial charge is 0.454 e. The van der Waals surface area contributed by atoms with Crippen LogP contribution in [-0.4, -0.2) is 12.7 Å². The van der Waals surface area contributed by atoms with Crippen LogP contribution >= 0.6 is 11.3 Å². The summed E-state index contributed by atoms with van der Waals surface area (Å²) in [4.78, 5) is 12.4. The van der Waals surface area contributed by atoms with Crippen molar-refractivity contribution < 1.29 is 14.3 Å². The Labute approximate surface area is 119 Å². The van der Waals surface area contributed by atoms with Crippen LogP contribution in [0.1, 0.15) is 15.2 Å². The number of carbonyl (C=O) groups is 1. The molecule has 1 aliphatic heterocycles. The van der Waals surface area contributed by atoms with Gasteiger partial charge in [0.25, 0.3) is 5.91 Å². The highest BCUT2D eigenvalue weighted by Gasteiger charge is 2.14. The molecule has 0 atom stereocenters. The lowest BCUT2D eigenvalue weighted by atomic mass is 10.1. The molecule has 0 saturated heterocycles. The maximum absolute atomic E-state index is 11.8. The van der Waals surface area contributed by atoms with Gasteiger partial charge in [0.15, 0.2) is 11.5 Å². The summed E-state index contributed by atoms with van der Waals surface area (Å²) >= 11 is 1.38. The van der Waals surface area contributed by atoms with E-state index in [1.54, 1.807) is 6.07 Å². The lowest BCUT2D eigenvalue weighted by Gasteiger charge is -2.11. The Morgan fingerprint density at radius 1 is 1.20 bits per heavy atom. The van der Waals surface area contributed by atoms with Gasteiger partial charge in [0.1, 0.15) is 0 Å². The van der Waals surface area contributed by atoms with Crippen molar-refractivity contribution >= 4 is 22.9 Å². The van der Waals surface area contributed by atoms with E-state index in [-0.39, 0.29) is 12.7 Å². The Bertz CT molecular complexity index is 652. The van der Waals surface area contributed by atoms with E-state index >= 15 is 0 Å². The topological polar surface area (TPSA) is 59.6 Å². The van der Waals surface area contributed by atoms with Gasteiger partial charge in [-0.05, 0) is 29.6 Å². The van der Waals surface area contributed by atoms with E-state index in [0.717, 1.165) is 5.56 Å². The number of fused-ring (bicyclic) bond motifs is 1. The molecule has 3 rings (SSSR count). The molecule has 0 radical (unpaired) electrons. The molecule has 0 aliphatic carbocycles. The second kappa shape index (κ2) is 5.26. The lowest BCUT2D eigenvalue weighted by Crippen LogP contribution is -2.35. The average Bonchev–Trinajstić information content (AvgIpc) is 3.13. The van der Waals surface area contributed by atoms with E-state index in [1.807, 2.05) is 29.6 Å². The first-order valence-electron chi connectivity index (χ1n) is 5.93. The molecule has 1 amide bonds. The number of thiophene rings is 1. The SMILES string of the molecule is C=C(NNC(=O)c1cccs1)c1ccc2c(c1)OCO2. The summed E-state index contributed by atoms with van der Waals surface area (Å²) in [6.07, 6.45) is 0. The van der Waals surface area contributed by atoms with Crippen LogP contribution in [0, 0.1) is 0 Å². The molecular weight excluding hydrogens is 276 g/mol.